The van der Waals surface area contributed by atoms with Crippen molar-refractivity contribution in [2.75, 3.05) is 6.54 Å². The summed E-state index contributed by atoms with van der Waals surface area (Å²) < 4.78 is 0. The van der Waals surface area contributed by atoms with Gasteiger partial charge in [0.25, 0.3) is 0 Å². The second-order valence-electron chi connectivity index (χ2n) is 5.81. The maximum Gasteiger partial charge on any atom is 0.223 e. The zero-order valence-electron chi connectivity index (χ0n) is 11.1. The fourth-order valence-corrected chi connectivity index (χ4v) is 4.00. The van der Waals surface area contributed by atoms with Crippen LogP contribution in [0.1, 0.15) is 30.4 Å². The summed E-state index contributed by atoms with van der Waals surface area (Å²) in [7, 11) is 0. The van der Waals surface area contributed by atoms with Gasteiger partial charge in [0.05, 0.1) is 5.54 Å². The van der Waals surface area contributed by atoms with Gasteiger partial charge in [0.2, 0.25) is 5.91 Å². The van der Waals surface area contributed by atoms with Crippen molar-refractivity contribution in [3.63, 3.8) is 0 Å². The van der Waals surface area contributed by atoms with Gasteiger partial charge in [0.15, 0.2) is 11.5 Å². The first-order valence-electron chi connectivity index (χ1n) is 6.99. The molecule has 0 unspecified atom stereocenters. The average molecular weight is 269 g/mol. The number of aliphatic hydroxyl groups excluding tert-OH is 1. The van der Waals surface area contributed by atoms with Gasteiger partial charge in [-0.05, 0) is 24.0 Å². The Morgan fingerprint density at radius 1 is 1.15 bits per heavy atom. The van der Waals surface area contributed by atoms with Gasteiger partial charge >= 0.3 is 0 Å². The van der Waals surface area contributed by atoms with Crippen molar-refractivity contribution in [3.05, 3.63) is 41.2 Å². The van der Waals surface area contributed by atoms with Crippen LogP contribution in [0.25, 0.3) is 5.57 Å². The lowest BCUT2D eigenvalue weighted by Crippen LogP contribution is -2.45. The maximum atomic E-state index is 12.2. The highest BCUT2D eigenvalue weighted by atomic mass is 16.3. The normalized spacial score (nSPS) is 28.3. The monoisotopic (exact) mass is 269 g/mol. The van der Waals surface area contributed by atoms with E-state index in [-0.39, 0.29) is 23.9 Å². The Morgan fingerprint density at radius 3 is 2.80 bits per heavy atom. The van der Waals surface area contributed by atoms with Crippen LogP contribution in [0.15, 0.2) is 30.0 Å². The van der Waals surface area contributed by atoms with E-state index in [0.29, 0.717) is 25.0 Å². The van der Waals surface area contributed by atoms with Crippen LogP contribution in [0.5, 0.6) is 0 Å². The summed E-state index contributed by atoms with van der Waals surface area (Å²) in [4.78, 5) is 26.1. The van der Waals surface area contributed by atoms with Gasteiger partial charge in [-0.15, -0.1) is 0 Å². The molecule has 1 N–H and O–H groups in total. The van der Waals surface area contributed by atoms with Gasteiger partial charge in [-0.25, -0.2) is 0 Å². The van der Waals surface area contributed by atoms with Gasteiger partial charge in [-0.1, -0.05) is 24.3 Å². The Kier molecular flexibility index (Phi) is 2.18. The fraction of sp³-hybridized carbons (Fsp3) is 0.375. The number of carbonyl (C=O) groups excluding carboxylic acids is 2. The van der Waals surface area contributed by atoms with Crippen molar-refractivity contribution >= 4 is 17.3 Å². The van der Waals surface area contributed by atoms with Gasteiger partial charge in [-0.3, -0.25) is 9.59 Å². The van der Waals surface area contributed by atoms with Crippen molar-refractivity contribution in [2.45, 2.75) is 31.2 Å². The number of aliphatic hydroxyl groups is 1. The molecule has 1 atom stereocenters. The van der Waals surface area contributed by atoms with Crippen LogP contribution < -0.4 is 0 Å². The van der Waals surface area contributed by atoms with Crippen LogP contribution in [0.2, 0.25) is 0 Å². The van der Waals surface area contributed by atoms with Gasteiger partial charge in [0.1, 0.15) is 0 Å². The molecular formula is C16H15NO3. The first-order chi connectivity index (χ1) is 9.63. The average Bonchev–Trinajstić information content (AvgIpc) is 2.82. The molecule has 3 aliphatic rings. The minimum Gasteiger partial charge on any atom is -0.504 e. The number of hydrogen-bond acceptors (Lipinski definition) is 3. The zero-order valence-corrected chi connectivity index (χ0v) is 11.1. The van der Waals surface area contributed by atoms with Crippen LogP contribution >= 0.6 is 0 Å². The lowest BCUT2D eigenvalue weighted by Gasteiger charge is -2.35. The largest absolute Gasteiger partial charge is 0.504 e. The summed E-state index contributed by atoms with van der Waals surface area (Å²) in [5.41, 5.74) is 2.13. The lowest BCUT2D eigenvalue weighted by molar-refractivity contribution is -0.130. The molecule has 1 fully saturated rings. The Labute approximate surface area is 116 Å². The number of ketones is 1. The molecule has 1 saturated heterocycles. The molecule has 102 valence electrons. The number of hydrogen-bond donors (Lipinski definition) is 1. The maximum absolute atomic E-state index is 12.2. The first kappa shape index (κ1) is 11.7. The van der Waals surface area contributed by atoms with E-state index in [9.17, 15) is 14.7 Å². The number of rotatable bonds is 0. The number of amides is 1. The molecule has 1 spiro atoms. The predicted molar refractivity (Wildman–Crippen MR) is 73.0 cm³/mol. The van der Waals surface area contributed by atoms with Crippen LogP contribution in [0.3, 0.4) is 0 Å². The number of Topliss-reactive ketones (excluding diaryl/α,β-unsaturated/α-hetero) is 1. The van der Waals surface area contributed by atoms with E-state index in [1.54, 1.807) is 0 Å². The molecule has 2 aliphatic heterocycles. The van der Waals surface area contributed by atoms with Gasteiger partial charge < -0.3 is 10.0 Å². The second-order valence-corrected chi connectivity index (χ2v) is 5.81. The molecule has 4 heteroatoms. The third kappa shape index (κ3) is 1.26. The predicted octanol–water partition coefficient (Wildman–Crippen LogP) is 1.85. The number of nitrogens with zero attached hydrogens (tertiary/aromatic N) is 1. The van der Waals surface area contributed by atoms with E-state index < -0.39 is 5.54 Å². The summed E-state index contributed by atoms with van der Waals surface area (Å²) >= 11 is 0. The topological polar surface area (TPSA) is 57.6 Å². The van der Waals surface area contributed by atoms with Gasteiger partial charge in [-0.2, -0.15) is 0 Å². The van der Waals surface area contributed by atoms with Crippen molar-refractivity contribution in [2.24, 2.45) is 0 Å². The quantitative estimate of drug-likeness (QED) is 0.782. The number of benzene rings is 1. The Morgan fingerprint density at radius 2 is 1.95 bits per heavy atom. The minimum atomic E-state index is -0.592. The molecule has 1 amide bonds. The van der Waals surface area contributed by atoms with Crippen LogP contribution in [0, 0.1) is 0 Å². The summed E-state index contributed by atoms with van der Waals surface area (Å²) in [6.45, 7) is 0.625. The van der Waals surface area contributed by atoms with Gasteiger partial charge in [0, 0.05) is 25.0 Å². The van der Waals surface area contributed by atoms with E-state index in [1.807, 2.05) is 29.2 Å². The second kappa shape index (κ2) is 3.72. The third-order valence-electron chi connectivity index (χ3n) is 4.88. The summed E-state index contributed by atoms with van der Waals surface area (Å²) in [6, 6.07) is 7.84. The molecule has 4 rings (SSSR count). The standard InChI is InChI=1S/C16H15NO3/c18-12-9-16-7-5-13(19)17(16)8-6-10-3-1-2-4-11(10)14(16)15(12)20/h1-4,20H,5-9H2/t16-/m0/s1. The number of fused-ring (bicyclic) bond motifs is 2. The van der Waals surface area contributed by atoms with Crippen LogP contribution in [-0.2, 0) is 16.0 Å². The summed E-state index contributed by atoms with van der Waals surface area (Å²) in [6.07, 6.45) is 2.10. The molecule has 1 aliphatic carbocycles. The van der Waals surface area contributed by atoms with Crippen LogP contribution in [0.4, 0.5) is 0 Å². The lowest BCUT2D eigenvalue weighted by atomic mass is 9.84. The molecule has 1 aromatic rings. The van der Waals surface area contributed by atoms with E-state index >= 15 is 0 Å². The number of allylic oxidation sites excluding steroid dienone is 1. The SMILES string of the molecule is O=C1C[C@]23CCC(=O)N2CCc2ccccc2C3=C1O. The van der Waals surface area contributed by atoms with E-state index in [2.05, 4.69) is 0 Å². The third-order valence-corrected chi connectivity index (χ3v) is 4.88. The molecule has 1 aromatic carbocycles. The van der Waals surface area contributed by atoms with E-state index in [4.69, 9.17) is 0 Å². The van der Waals surface area contributed by atoms with Crippen molar-refractivity contribution in [1.29, 1.82) is 0 Å². The fourth-order valence-electron chi connectivity index (χ4n) is 4.00. The minimum absolute atomic E-state index is 0.0952. The number of carbonyl (C=O) groups is 2. The van der Waals surface area contributed by atoms with Crippen molar-refractivity contribution in [3.8, 4) is 0 Å². The zero-order chi connectivity index (χ0) is 13.9. The molecular weight excluding hydrogens is 254 g/mol. The molecule has 0 saturated carbocycles. The van der Waals surface area contributed by atoms with E-state index in [0.717, 1.165) is 17.5 Å². The van der Waals surface area contributed by atoms with E-state index in [1.165, 1.54) is 0 Å². The molecule has 0 aromatic heterocycles. The van der Waals surface area contributed by atoms with Crippen molar-refractivity contribution < 1.29 is 14.7 Å². The molecule has 0 radical (unpaired) electrons. The highest BCUT2D eigenvalue weighted by Gasteiger charge is 2.56. The molecule has 20 heavy (non-hydrogen) atoms. The summed E-state index contributed by atoms with van der Waals surface area (Å²) in [5, 5.41) is 10.3. The first-order valence-corrected chi connectivity index (χ1v) is 6.99. The van der Waals surface area contributed by atoms with Crippen LogP contribution in [-0.4, -0.2) is 33.8 Å². The molecule has 0 bridgehead atoms. The Hall–Kier alpha value is -2.10. The molecule has 2 heterocycles. The highest BCUT2D eigenvalue weighted by Crippen LogP contribution is 2.51. The molecule has 4 nitrogen and oxygen atoms in total. The highest BCUT2D eigenvalue weighted by molar-refractivity contribution is 6.10. The summed E-state index contributed by atoms with van der Waals surface area (Å²) in [5.74, 6) is -0.284. The smallest absolute Gasteiger partial charge is 0.223 e. The Balaban J connectivity index is 2.02. The van der Waals surface area contributed by atoms with Crippen molar-refractivity contribution in [1.82, 2.24) is 4.90 Å². The Bertz CT molecular complexity index is 676.